The molecule has 2 aromatic heterocycles. The number of anilines is 1. The van der Waals surface area contributed by atoms with Gasteiger partial charge in [0.15, 0.2) is 0 Å². The van der Waals surface area contributed by atoms with Crippen molar-refractivity contribution in [2.75, 3.05) is 5.32 Å². The molecule has 0 radical (unpaired) electrons. The van der Waals surface area contributed by atoms with E-state index in [1.807, 2.05) is 19.1 Å². The second kappa shape index (κ2) is 7.28. The van der Waals surface area contributed by atoms with E-state index in [1.54, 1.807) is 0 Å². The van der Waals surface area contributed by atoms with Crippen molar-refractivity contribution in [1.82, 2.24) is 15.2 Å². The molecule has 0 atom stereocenters. The standard InChI is InChI=1S/C21H24N4O/c1-3-20-24-25-21(26-20)15-8-10-17(11-9-15)22-13-16-12-14(2)23-19-7-5-4-6-18(16)19/h8-12,22H,3-7,13H2,1-2H3. The van der Waals surface area contributed by atoms with Crippen LogP contribution in [0.4, 0.5) is 5.69 Å². The maximum absolute atomic E-state index is 5.61. The Morgan fingerprint density at radius 3 is 2.65 bits per heavy atom. The first-order chi connectivity index (χ1) is 12.7. The number of hydrogen-bond acceptors (Lipinski definition) is 5. The molecule has 1 N–H and O–H groups in total. The first kappa shape index (κ1) is 16.8. The molecule has 0 aliphatic heterocycles. The summed E-state index contributed by atoms with van der Waals surface area (Å²) in [4.78, 5) is 4.73. The zero-order valence-corrected chi connectivity index (χ0v) is 15.4. The first-order valence-corrected chi connectivity index (χ1v) is 9.38. The Kier molecular flexibility index (Phi) is 4.69. The summed E-state index contributed by atoms with van der Waals surface area (Å²) in [5.41, 5.74) is 7.26. The van der Waals surface area contributed by atoms with Crippen LogP contribution in [-0.4, -0.2) is 15.2 Å². The van der Waals surface area contributed by atoms with E-state index in [9.17, 15) is 0 Å². The van der Waals surface area contributed by atoms with E-state index in [4.69, 9.17) is 9.40 Å². The van der Waals surface area contributed by atoms with E-state index in [2.05, 4.69) is 40.6 Å². The molecule has 0 saturated carbocycles. The molecule has 5 heteroatoms. The molecule has 1 aliphatic rings. The highest BCUT2D eigenvalue weighted by Crippen LogP contribution is 2.25. The number of fused-ring (bicyclic) bond motifs is 1. The normalized spacial score (nSPS) is 13.5. The summed E-state index contributed by atoms with van der Waals surface area (Å²) in [6.45, 7) is 4.91. The predicted octanol–water partition coefficient (Wildman–Crippen LogP) is 4.49. The Labute approximate surface area is 153 Å². The number of nitrogens with one attached hydrogen (secondary N) is 1. The average molecular weight is 348 g/mol. The molecule has 3 aromatic rings. The van der Waals surface area contributed by atoms with E-state index < -0.39 is 0 Å². The molecule has 0 fully saturated rings. The van der Waals surface area contributed by atoms with Gasteiger partial charge in [-0.3, -0.25) is 4.98 Å². The average Bonchev–Trinajstić information content (AvgIpc) is 3.15. The van der Waals surface area contributed by atoms with Crippen LogP contribution >= 0.6 is 0 Å². The summed E-state index contributed by atoms with van der Waals surface area (Å²) in [5.74, 6) is 1.24. The molecule has 1 aliphatic carbocycles. The van der Waals surface area contributed by atoms with Gasteiger partial charge >= 0.3 is 0 Å². The van der Waals surface area contributed by atoms with Gasteiger partial charge in [-0.2, -0.15) is 0 Å². The fourth-order valence-corrected chi connectivity index (χ4v) is 3.54. The summed E-state index contributed by atoms with van der Waals surface area (Å²) < 4.78 is 5.61. The van der Waals surface area contributed by atoms with E-state index >= 15 is 0 Å². The van der Waals surface area contributed by atoms with Crippen LogP contribution in [0.25, 0.3) is 11.5 Å². The van der Waals surface area contributed by atoms with Gasteiger partial charge in [-0.15, -0.1) is 10.2 Å². The van der Waals surface area contributed by atoms with Crippen molar-refractivity contribution in [3.63, 3.8) is 0 Å². The lowest BCUT2D eigenvalue weighted by Crippen LogP contribution is -2.12. The molecule has 0 bridgehead atoms. The minimum atomic E-state index is 0.576. The lowest BCUT2D eigenvalue weighted by atomic mass is 9.91. The van der Waals surface area contributed by atoms with Crippen molar-refractivity contribution >= 4 is 5.69 Å². The third kappa shape index (κ3) is 3.47. The number of aromatic nitrogens is 3. The molecule has 0 amide bonds. The summed E-state index contributed by atoms with van der Waals surface area (Å²) >= 11 is 0. The fraction of sp³-hybridized carbons (Fsp3) is 0.381. The second-order valence-corrected chi connectivity index (χ2v) is 6.84. The van der Waals surface area contributed by atoms with Gasteiger partial charge in [0.1, 0.15) is 0 Å². The monoisotopic (exact) mass is 348 g/mol. The van der Waals surface area contributed by atoms with Crippen molar-refractivity contribution in [3.05, 3.63) is 58.7 Å². The Morgan fingerprint density at radius 2 is 1.88 bits per heavy atom. The Morgan fingerprint density at radius 1 is 1.08 bits per heavy atom. The summed E-state index contributed by atoms with van der Waals surface area (Å²) in [7, 11) is 0. The zero-order chi connectivity index (χ0) is 17.9. The topological polar surface area (TPSA) is 63.8 Å². The van der Waals surface area contributed by atoms with E-state index in [-0.39, 0.29) is 0 Å². The molecular formula is C21H24N4O. The smallest absolute Gasteiger partial charge is 0.247 e. The Hall–Kier alpha value is -2.69. The van der Waals surface area contributed by atoms with Gasteiger partial charge in [-0.05, 0) is 74.1 Å². The van der Waals surface area contributed by atoms with Crippen LogP contribution in [0.1, 0.15) is 48.2 Å². The SMILES string of the molecule is CCc1nnc(-c2ccc(NCc3cc(C)nc4c3CCCC4)cc2)o1. The van der Waals surface area contributed by atoms with Crippen molar-refractivity contribution < 1.29 is 4.42 Å². The van der Waals surface area contributed by atoms with Gasteiger partial charge in [0.25, 0.3) is 0 Å². The molecule has 2 heterocycles. The largest absolute Gasteiger partial charge is 0.421 e. The van der Waals surface area contributed by atoms with Gasteiger partial charge < -0.3 is 9.73 Å². The molecule has 0 saturated heterocycles. The number of aryl methyl sites for hydroxylation is 3. The van der Waals surface area contributed by atoms with E-state index in [0.717, 1.165) is 42.8 Å². The highest BCUT2D eigenvalue weighted by Gasteiger charge is 2.15. The van der Waals surface area contributed by atoms with Crippen LogP contribution < -0.4 is 5.32 Å². The molecule has 1 aromatic carbocycles. The van der Waals surface area contributed by atoms with Crippen LogP contribution in [0.15, 0.2) is 34.7 Å². The molecule has 4 rings (SSSR count). The van der Waals surface area contributed by atoms with Crippen molar-refractivity contribution in [3.8, 4) is 11.5 Å². The van der Waals surface area contributed by atoms with Crippen LogP contribution in [0.2, 0.25) is 0 Å². The molecule has 134 valence electrons. The van der Waals surface area contributed by atoms with Gasteiger partial charge in [0.2, 0.25) is 11.8 Å². The van der Waals surface area contributed by atoms with E-state index in [0.29, 0.717) is 11.8 Å². The first-order valence-electron chi connectivity index (χ1n) is 9.38. The van der Waals surface area contributed by atoms with Crippen molar-refractivity contribution in [2.45, 2.75) is 52.5 Å². The maximum atomic E-state index is 5.61. The Bertz CT molecular complexity index is 899. The van der Waals surface area contributed by atoms with E-state index in [1.165, 1.54) is 29.7 Å². The maximum Gasteiger partial charge on any atom is 0.247 e. The van der Waals surface area contributed by atoms with Crippen molar-refractivity contribution in [1.29, 1.82) is 0 Å². The molecule has 5 nitrogen and oxygen atoms in total. The van der Waals surface area contributed by atoms with Crippen LogP contribution in [-0.2, 0) is 25.8 Å². The van der Waals surface area contributed by atoms with Crippen LogP contribution in [0, 0.1) is 6.92 Å². The fourth-order valence-electron chi connectivity index (χ4n) is 3.54. The number of pyridine rings is 1. The van der Waals surface area contributed by atoms with Gasteiger partial charge in [0, 0.05) is 35.6 Å². The third-order valence-corrected chi connectivity index (χ3v) is 4.90. The second-order valence-electron chi connectivity index (χ2n) is 6.84. The summed E-state index contributed by atoms with van der Waals surface area (Å²) in [5, 5.41) is 11.7. The Balaban J connectivity index is 1.48. The lowest BCUT2D eigenvalue weighted by molar-refractivity contribution is 0.513. The van der Waals surface area contributed by atoms with Gasteiger partial charge in [-0.25, -0.2) is 0 Å². The predicted molar refractivity (Wildman–Crippen MR) is 102 cm³/mol. The lowest BCUT2D eigenvalue weighted by Gasteiger charge is -2.20. The van der Waals surface area contributed by atoms with Crippen LogP contribution in [0.3, 0.4) is 0 Å². The molecule has 0 unspecified atom stereocenters. The highest BCUT2D eigenvalue weighted by molar-refractivity contribution is 5.58. The molecular weight excluding hydrogens is 324 g/mol. The highest BCUT2D eigenvalue weighted by atomic mass is 16.4. The number of nitrogens with zero attached hydrogens (tertiary/aromatic N) is 3. The number of hydrogen-bond donors (Lipinski definition) is 1. The van der Waals surface area contributed by atoms with Gasteiger partial charge in [-0.1, -0.05) is 6.92 Å². The number of benzene rings is 1. The minimum absolute atomic E-state index is 0.576. The number of rotatable bonds is 5. The third-order valence-electron chi connectivity index (χ3n) is 4.90. The summed E-state index contributed by atoms with van der Waals surface area (Å²) in [6.07, 6.45) is 5.54. The minimum Gasteiger partial charge on any atom is -0.421 e. The van der Waals surface area contributed by atoms with Gasteiger partial charge in [0.05, 0.1) is 0 Å². The van der Waals surface area contributed by atoms with Crippen LogP contribution in [0.5, 0.6) is 0 Å². The summed E-state index contributed by atoms with van der Waals surface area (Å²) in [6, 6.07) is 10.4. The molecule has 26 heavy (non-hydrogen) atoms. The van der Waals surface area contributed by atoms with Crippen molar-refractivity contribution in [2.24, 2.45) is 0 Å². The zero-order valence-electron chi connectivity index (χ0n) is 15.4. The quantitative estimate of drug-likeness (QED) is 0.736. The molecule has 0 spiro atoms.